The Hall–Kier alpha value is -1.57. The molecule has 0 fully saturated rings. The first kappa shape index (κ1) is 17.8. The molecule has 0 bridgehead atoms. The zero-order valence-electron chi connectivity index (χ0n) is 13.9. The highest BCUT2D eigenvalue weighted by Crippen LogP contribution is 2.32. The number of hydrogen-bond donors (Lipinski definition) is 1. The Morgan fingerprint density at radius 3 is 2.22 bits per heavy atom. The summed E-state index contributed by atoms with van der Waals surface area (Å²) in [6.07, 6.45) is 1.49. The van der Waals surface area contributed by atoms with E-state index >= 15 is 0 Å². The maximum Gasteiger partial charge on any atom is 0.164 e. The summed E-state index contributed by atoms with van der Waals surface area (Å²) in [5, 5.41) is 5.57. The second-order valence-corrected chi connectivity index (χ2v) is 6.25. The maximum atomic E-state index is 6.08. The van der Waals surface area contributed by atoms with Crippen LogP contribution in [0, 0.1) is 6.92 Å². The highest BCUT2D eigenvalue weighted by molar-refractivity contribution is 7.92. The van der Waals surface area contributed by atoms with E-state index in [-0.39, 0.29) is 5.54 Å². The summed E-state index contributed by atoms with van der Waals surface area (Å²) in [6.45, 7) is 8.34. The van der Waals surface area contributed by atoms with Crippen molar-refractivity contribution in [1.82, 2.24) is 19.7 Å². The van der Waals surface area contributed by atoms with Gasteiger partial charge in [-0.15, -0.1) is 17.9 Å². The molecule has 5 nitrogen and oxygen atoms in total. The lowest BCUT2D eigenvalue weighted by atomic mass is 10.1. The molecular formula is C16H23N5P2. The molecule has 0 amide bonds. The first-order valence-electron chi connectivity index (χ1n) is 7.28. The lowest BCUT2D eigenvalue weighted by molar-refractivity contribution is 0.367. The third-order valence-corrected chi connectivity index (χ3v) is 3.45. The predicted octanol–water partition coefficient (Wildman–Crippen LogP) is 3.79. The Balaban J connectivity index is 0.000000924. The normalized spacial score (nSPS) is 11.2. The third-order valence-electron chi connectivity index (χ3n) is 3.45. The lowest BCUT2D eigenvalue weighted by Crippen LogP contribution is -2.23. The van der Waals surface area contributed by atoms with Crippen molar-refractivity contribution in [3.05, 3.63) is 36.2 Å². The van der Waals surface area contributed by atoms with Crippen LogP contribution in [0.4, 0.5) is 5.82 Å². The molecule has 2 N–H and O–H groups in total. The van der Waals surface area contributed by atoms with Crippen molar-refractivity contribution >= 4 is 34.7 Å². The zero-order valence-corrected chi connectivity index (χ0v) is 16.2. The number of anilines is 1. The molecule has 1 aromatic carbocycles. The summed E-state index contributed by atoms with van der Waals surface area (Å²) >= 11 is 0. The molecule has 0 aliphatic rings. The highest BCUT2D eigenvalue weighted by Gasteiger charge is 2.23. The third kappa shape index (κ3) is 3.52. The molecule has 2 atom stereocenters. The second-order valence-electron chi connectivity index (χ2n) is 6.25. The minimum absolute atomic E-state index is 0.179. The van der Waals surface area contributed by atoms with E-state index in [0.29, 0.717) is 5.82 Å². The number of aryl methyl sites for hydroxylation is 1. The molecule has 7 heteroatoms. The molecule has 0 spiro atoms. The van der Waals surface area contributed by atoms with Crippen LogP contribution in [0.2, 0.25) is 0 Å². The van der Waals surface area contributed by atoms with Gasteiger partial charge in [-0.05, 0) is 27.7 Å². The fourth-order valence-corrected chi connectivity index (χ4v) is 2.36. The molecule has 3 aromatic rings. The molecule has 2 unspecified atom stereocenters. The van der Waals surface area contributed by atoms with Crippen molar-refractivity contribution in [2.24, 2.45) is 0 Å². The van der Waals surface area contributed by atoms with Gasteiger partial charge in [0.05, 0.1) is 10.9 Å². The lowest BCUT2D eigenvalue weighted by Gasteiger charge is -2.19. The van der Waals surface area contributed by atoms with Gasteiger partial charge in [0, 0.05) is 5.56 Å². The minimum Gasteiger partial charge on any atom is -0.383 e. The van der Waals surface area contributed by atoms with E-state index in [1.165, 1.54) is 11.9 Å². The van der Waals surface area contributed by atoms with Gasteiger partial charge in [-0.2, -0.15) is 5.10 Å². The summed E-state index contributed by atoms with van der Waals surface area (Å²) in [5.41, 5.74) is 9.73. The van der Waals surface area contributed by atoms with Crippen LogP contribution in [-0.4, -0.2) is 19.7 Å². The zero-order chi connectivity index (χ0) is 17.2. The van der Waals surface area contributed by atoms with Gasteiger partial charge in [0.2, 0.25) is 0 Å². The smallest absolute Gasteiger partial charge is 0.164 e. The fourth-order valence-electron chi connectivity index (χ4n) is 2.36. The first-order chi connectivity index (χ1) is 10.9. The first-order valence-corrected chi connectivity index (χ1v) is 9.94. The van der Waals surface area contributed by atoms with Crippen molar-refractivity contribution in [3.63, 3.8) is 0 Å². The molecule has 2 aromatic heterocycles. The number of nitrogens with two attached hydrogens (primary N) is 1. The van der Waals surface area contributed by atoms with Crippen LogP contribution in [0.15, 0.2) is 30.6 Å². The van der Waals surface area contributed by atoms with Gasteiger partial charge >= 0.3 is 0 Å². The Labute approximate surface area is 141 Å². The summed E-state index contributed by atoms with van der Waals surface area (Å²) in [7, 11) is 4.67. The fraction of sp³-hybridized carbons (Fsp3) is 0.312. The predicted molar refractivity (Wildman–Crippen MR) is 104 cm³/mol. The quantitative estimate of drug-likeness (QED) is 0.680. The Morgan fingerprint density at radius 2 is 1.65 bits per heavy atom. The van der Waals surface area contributed by atoms with Gasteiger partial charge in [0.15, 0.2) is 5.65 Å². The van der Waals surface area contributed by atoms with Crippen LogP contribution in [0.3, 0.4) is 0 Å². The van der Waals surface area contributed by atoms with Gasteiger partial charge in [0.1, 0.15) is 17.8 Å². The van der Waals surface area contributed by atoms with E-state index in [1.54, 1.807) is 0 Å². The number of aromatic nitrogens is 4. The minimum atomic E-state index is -0.179. The molecule has 3 rings (SSSR count). The van der Waals surface area contributed by atoms with Gasteiger partial charge in [-0.3, -0.25) is 0 Å². The second kappa shape index (κ2) is 6.90. The summed E-state index contributed by atoms with van der Waals surface area (Å²) < 4.78 is 1.91. The van der Waals surface area contributed by atoms with Crippen molar-refractivity contribution in [2.75, 3.05) is 5.73 Å². The molecular weight excluding hydrogens is 324 g/mol. The van der Waals surface area contributed by atoms with E-state index in [4.69, 9.17) is 10.8 Å². The number of benzene rings is 1. The van der Waals surface area contributed by atoms with E-state index < -0.39 is 0 Å². The van der Waals surface area contributed by atoms with Gasteiger partial charge in [-0.1, -0.05) is 29.8 Å². The van der Waals surface area contributed by atoms with Gasteiger partial charge in [-0.25, -0.2) is 14.6 Å². The number of hydrogen-bond acceptors (Lipinski definition) is 4. The number of fused-ring (bicyclic) bond motifs is 1. The van der Waals surface area contributed by atoms with E-state index in [9.17, 15) is 0 Å². The van der Waals surface area contributed by atoms with E-state index in [0.717, 1.165) is 22.3 Å². The van der Waals surface area contributed by atoms with Crippen LogP contribution in [-0.2, 0) is 5.54 Å². The van der Waals surface area contributed by atoms with Crippen molar-refractivity contribution in [3.8, 4) is 11.3 Å². The number of rotatable bonds is 1. The molecule has 122 valence electrons. The molecule has 0 aliphatic heterocycles. The summed E-state index contributed by atoms with van der Waals surface area (Å²) in [5.74, 6) is 0.464. The average molecular weight is 347 g/mol. The molecule has 2 heterocycles. The highest BCUT2D eigenvalue weighted by atomic mass is 32.0. The van der Waals surface area contributed by atoms with E-state index in [2.05, 4.69) is 79.8 Å². The van der Waals surface area contributed by atoms with Crippen LogP contribution in [0.1, 0.15) is 26.3 Å². The molecule has 23 heavy (non-hydrogen) atoms. The largest absolute Gasteiger partial charge is 0.383 e. The standard InChI is InChI=1S/C16H19N5.H4P2/c1-10-5-7-11(8-6-10)13-12-14(17)18-9-19-15(12)21(20-13)16(2,3)4;1-2/h5-9H,1-4H3,(H2,17,18,19);1-2H2. The summed E-state index contributed by atoms with van der Waals surface area (Å²) in [6, 6.07) is 8.24. The SMILES string of the molecule is Cc1ccc(-c2nn(C(C)(C)C)c3ncnc(N)c23)cc1.PP. The molecule has 0 radical (unpaired) electrons. The van der Waals surface area contributed by atoms with E-state index in [1.807, 2.05) is 4.68 Å². The maximum absolute atomic E-state index is 6.08. The topological polar surface area (TPSA) is 69.6 Å². The Morgan fingerprint density at radius 1 is 1.04 bits per heavy atom. The van der Waals surface area contributed by atoms with Crippen molar-refractivity contribution < 1.29 is 0 Å². The molecule has 0 saturated carbocycles. The van der Waals surface area contributed by atoms with Gasteiger partial charge in [0.25, 0.3) is 0 Å². The number of nitrogens with zero attached hydrogens (tertiary/aromatic N) is 4. The van der Waals surface area contributed by atoms with Crippen LogP contribution < -0.4 is 5.73 Å². The number of nitrogen functional groups attached to an aromatic ring is 1. The van der Waals surface area contributed by atoms with Crippen LogP contribution >= 0.6 is 17.9 Å². The molecule has 0 aliphatic carbocycles. The average Bonchev–Trinajstić information content (AvgIpc) is 2.91. The van der Waals surface area contributed by atoms with Crippen LogP contribution in [0.25, 0.3) is 22.3 Å². The Kier molecular flexibility index (Phi) is 5.33. The summed E-state index contributed by atoms with van der Waals surface area (Å²) in [4.78, 5) is 8.50. The van der Waals surface area contributed by atoms with Crippen molar-refractivity contribution in [1.29, 1.82) is 0 Å². The molecule has 0 saturated heterocycles. The van der Waals surface area contributed by atoms with Gasteiger partial charge < -0.3 is 5.73 Å². The van der Waals surface area contributed by atoms with Crippen molar-refractivity contribution in [2.45, 2.75) is 33.2 Å². The van der Waals surface area contributed by atoms with Crippen LogP contribution in [0.5, 0.6) is 0 Å². The Bertz CT molecular complexity index is 804. The monoisotopic (exact) mass is 347 g/mol.